The van der Waals surface area contributed by atoms with E-state index in [1.807, 2.05) is 0 Å². The predicted molar refractivity (Wildman–Crippen MR) is 55.7 cm³/mol. The number of anilines is 1. The highest BCUT2D eigenvalue weighted by molar-refractivity contribution is 6.52. The number of hydrogen-bond donors (Lipinski definition) is 0. The number of benzene rings is 1. The third kappa shape index (κ3) is 1.37. The number of ketones is 1. The van der Waals surface area contributed by atoms with E-state index in [0.717, 1.165) is 4.90 Å². The van der Waals surface area contributed by atoms with E-state index < -0.39 is 11.7 Å². The average molecular weight is 219 g/mol. The SMILES string of the molecule is COc1ccc2c(c1)C(=O)C(=O)N2CC=O. The summed E-state index contributed by atoms with van der Waals surface area (Å²) >= 11 is 0. The fourth-order valence-electron chi connectivity index (χ4n) is 1.66. The molecule has 0 atom stereocenters. The second-order valence-electron chi connectivity index (χ2n) is 3.29. The van der Waals surface area contributed by atoms with Crippen LogP contribution in [0, 0.1) is 0 Å². The smallest absolute Gasteiger partial charge is 0.299 e. The van der Waals surface area contributed by atoms with Gasteiger partial charge in [0, 0.05) is 0 Å². The van der Waals surface area contributed by atoms with Gasteiger partial charge in [-0.25, -0.2) is 0 Å². The molecule has 1 aromatic rings. The van der Waals surface area contributed by atoms with Gasteiger partial charge in [0.2, 0.25) is 0 Å². The maximum absolute atomic E-state index is 11.6. The van der Waals surface area contributed by atoms with Gasteiger partial charge >= 0.3 is 0 Å². The van der Waals surface area contributed by atoms with Crippen LogP contribution in [0.15, 0.2) is 18.2 Å². The Bertz CT molecular complexity index is 481. The molecule has 1 amide bonds. The molecule has 5 nitrogen and oxygen atoms in total. The quantitative estimate of drug-likeness (QED) is 0.546. The van der Waals surface area contributed by atoms with Gasteiger partial charge in [0.15, 0.2) is 0 Å². The molecule has 0 bridgehead atoms. The molecule has 0 spiro atoms. The van der Waals surface area contributed by atoms with E-state index in [-0.39, 0.29) is 12.1 Å². The summed E-state index contributed by atoms with van der Waals surface area (Å²) in [5, 5.41) is 0. The van der Waals surface area contributed by atoms with Crippen molar-refractivity contribution in [3.63, 3.8) is 0 Å². The molecule has 2 rings (SSSR count). The molecule has 0 saturated carbocycles. The maximum Gasteiger partial charge on any atom is 0.299 e. The Kier molecular flexibility index (Phi) is 2.44. The standard InChI is InChI=1S/C11H9NO4/c1-16-7-2-3-9-8(6-7)10(14)11(15)12(9)4-5-13/h2-3,5-6H,4H2,1H3. The van der Waals surface area contributed by atoms with Gasteiger partial charge in [0.25, 0.3) is 11.7 Å². The zero-order chi connectivity index (χ0) is 11.7. The number of nitrogens with zero attached hydrogens (tertiary/aromatic N) is 1. The number of amides is 1. The summed E-state index contributed by atoms with van der Waals surface area (Å²) in [6.45, 7) is -0.107. The monoisotopic (exact) mass is 219 g/mol. The van der Waals surface area contributed by atoms with Gasteiger partial charge in [-0.2, -0.15) is 0 Å². The lowest BCUT2D eigenvalue weighted by molar-refractivity contribution is -0.115. The summed E-state index contributed by atoms with van der Waals surface area (Å²) in [6, 6.07) is 4.74. The molecule has 0 saturated heterocycles. The van der Waals surface area contributed by atoms with Crippen LogP contribution in [0.4, 0.5) is 5.69 Å². The summed E-state index contributed by atoms with van der Waals surface area (Å²) in [4.78, 5) is 34.7. The lowest BCUT2D eigenvalue weighted by Gasteiger charge is -2.12. The molecule has 1 heterocycles. The lowest BCUT2D eigenvalue weighted by Crippen LogP contribution is -2.31. The molecular weight excluding hydrogens is 210 g/mol. The number of aldehydes is 1. The highest BCUT2D eigenvalue weighted by Gasteiger charge is 2.35. The molecule has 5 heteroatoms. The van der Waals surface area contributed by atoms with Crippen LogP contribution < -0.4 is 9.64 Å². The molecule has 16 heavy (non-hydrogen) atoms. The first kappa shape index (κ1) is 10.4. The normalized spacial score (nSPS) is 13.9. The van der Waals surface area contributed by atoms with Crippen LogP contribution in [0.2, 0.25) is 0 Å². The predicted octanol–water partition coefficient (Wildman–Crippen LogP) is 0.423. The summed E-state index contributed by atoms with van der Waals surface area (Å²) in [5.74, 6) is -0.765. The molecule has 0 fully saturated rings. The van der Waals surface area contributed by atoms with Crippen LogP contribution in [0.5, 0.6) is 5.75 Å². The number of carbonyl (C=O) groups is 3. The van der Waals surface area contributed by atoms with Crippen molar-refractivity contribution < 1.29 is 19.1 Å². The Hall–Kier alpha value is -2.17. The second-order valence-corrected chi connectivity index (χ2v) is 3.29. The second kappa shape index (κ2) is 3.77. The number of Topliss-reactive ketones (excluding diaryl/α,β-unsaturated/α-hetero) is 1. The van der Waals surface area contributed by atoms with E-state index in [1.165, 1.54) is 13.2 Å². The lowest BCUT2D eigenvalue weighted by atomic mass is 10.1. The largest absolute Gasteiger partial charge is 0.497 e. The average Bonchev–Trinajstić information content (AvgIpc) is 2.54. The van der Waals surface area contributed by atoms with Crippen molar-refractivity contribution in [2.24, 2.45) is 0 Å². The summed E-state index contributed by atoms with van der Waals surface area (Å²) in [7, 11) is 1.48. The number of methoxy groups -OCH3 is 1. The van der Waals surface area contributed by atoms with Gasteiger partial charge in [-0.3, -0.25) is 14.5 Å². The number of ether oxygens (including phenoxy) is 1. The van der Waals surface area contributed by atoms with Crippen LogP contribution >= 0.6 is 0 Å². The number of hydrogen-bond acceptors (Lipinski definition) is 4. The van der Waals surface area contributed by atoms with Crippen molar-refractivity contribution >= 4 is 23.7 Å². The van der Waals surface area contributed by atoms with Gasteiger partial charge in [-0.15, -0.1) is 0 Å². The highest BCUT2D eigenvalue weighted by atomic mass is 16.5. The van der Waals surface area contributed by atoms with Gasteiger partial charge in [-0.05, 0) is 18.2 Å². The van der Waals surface area contributed by atoms with E-state index in [9.17, 15) is 14.4 Å². The fraction of sp³-hybridized carbons (Fsp3) is 0.182. The summed E-state index contributed by atoms with van der Waals surface area (Å²) < 4.78 is 4.97. The first-order chi connectivity index (χ1) is 7.69. The highest BCUT2D eigenvalue weighted by Crippen LogP contribution is 2.31. The van der Waals surface area contributed by atoms with Crippen LogP contribution in [0.3, 0.4) is 0 Å². The van der Waals surface area contributed by atoms with E-state index in [2.05, 4.69) is 0 Å². The number of fused-ring (bicyclic) bond motifs is 1. The van der Waals surface area contributed by atoms with Crippen molar-refractivity contribution in [1.29, 1.82) is 0 Å². The minimum Gasteiger partial charge on any atom is -0.497 e. The molecular formula is C11H9NO4. The van der Waals surface area contributed by atoms with E-state index in [1.54, 1.807) is 12.1 Å². The Labute approximate surface area is 91.6 Å². The first-order valence-electron chi connectivity index (χ1n) is 4.67. The number of rotatable bonds is 3. The fourth-order valence-corrected chi connectivity index (χ4v) is 1.66. The summed E-state index contributed by atoms with van der Waals surface area (Å²) in [5.41, 5.74) is 0.745. The Balaban J connectivity index is 2.51. The van der Waals surface area contributed by atoms with Crippen LogP contribution in [-0.2, 0) is 9.59 Å². The molecule has 1 aliphatic rings. The first-order valence-corrected chi connectivity index (χ1v) is 4.67. The van der Waals surface area contributed by atoms with Crippen molar-refractivity contribution in [3.8, 4) is 5.75 Å². The molecule has 0 aromatic heterocycles. The van der Waals surface area contributed by atoms with Crippen molar-refractivity contribution in [2.45, 2.75) is 0 Å². The van der Waals surface area contributed by atoms with E-state index >= 15 is 0 Å². The van der Waals surface area contributed by atoms with E-state index in [4.69, 9.17) is 4.74 Å². The van der Waals surface area contributed by atoms with Crippen molar-refractivity contribution in [3.05, 3.63) is 23.8 Å². The molecule has 0 N–H and O–H groups in total. The van der Waals surface area contributed by atoms with Crippen LogP contribution in [0.25, 0.3) is 0 Å². The van der Waals surface area contributed by atoms with Gasteiger partial charge in [0.1, 0.15) is 12.0 Å². The molecule has 0 radical (unpaired) electrons. The Morgan fingerprint density at radius 1 is 1.38 bits per heavy atom. The Morgan fingerprint density at radius 3 is 2.75 bits per heavy atom. The van der Waals surface area contributed by atoms with E-state index in [0.29, 0.717) is 17.7 Å². The third-order valence-electron chi connectivity index (χ3n) is 2.44. The topological polar surface area (TPSA) is 63.7 Å². The minimum atomic E-state index is -0.671. The Morgan fingerprint density at radius 2 is 2.12 bits per heavy atom. The van der Waals surface area contributed by atoms with Gasteiger partial charge in [-0.1, -0.05) is 0 Å². The van der Waals surface area contributed by atoms with Crippen LogP contribution in [-0.4, -0.2) is 31.6 Å². The summed E-state index contributed by atoms with van der Waals surface area (Å²) in [6.07, 6.45) is 0.588. The molecule has 1 aliphatic heterocycles. The third-order valence-corrected chi connectivity index (χ3v) is 2.44. The zero-order valence-electron chi connectivity index (χ0n) is 8.60. The molecule has 82 valence electrons. The van der Waals surface area contributed by atoms with Gasteiger partial charge in [0.05, 0.1) is 24.9 Å². The maximum atomic E-state index is 11.6. The molecule has 0 aliphatic carbocycles. The zero-order valence-corrected chi connectivity index (χ0v) is 8.60. The number of carbonyl (C=O) groups excluding carboxylic acids is 3. The van der Waals surface area contributed by atoms with Crippen molar-refractivity contribution in [1.82, 2.24) is 0 Å². The van der Waals surface area contributed by atoms with Crippen LogP contribution in [0.1, 0.15) is 10.4 Å². The van der Waals surface area contributed by atoms with Gasteiger partial charge < -0.3 is 9.53 Å². The molecule has 1 aromatic carbocycles. The minimum absolute atomic E-state index is 0.107. The molecule has 0 unspecified atom stereocenters. The van der Waals surface area contributed by atoms with Crippen molar-refractivity contribution in [2.75, 3.05) is 18.6 Å².